The second kappa shape index (κ2) is 8.34. The molecule has 4 aromatic rings. The van der Waals surface area contributed by atoms with Crippen LogP contribution in [0.3, 0.4) is 0 Å². The molecule has 0 fully saturated rings. The Morgan fingerprint density at radius 1 is 0.939 bits per heavy atom. The number of hydrogen-bond acceptors (Lipinski definition) is 5. The van der Waals surface area contributed by atoms with Crippen molar-refractivity contribution in [3.63, 3.8) is 0 Å². The highest BCUT2D eigenvalue weighted by Crippen LogP contribution is 2.43. The normalized spacial score (nSPS) is 14.4. The number of rotatable bonds is 5. The molecule has 0 radical (unpaired) electrons. The summed E-state index contributed by atoms with van der Waals surface area (Å²) in [6, 6.07) is 13.2. The van der Waals surface area contributed by atoms with Crippen molar-refractivity contribution in [3.8, 4) is 5.69 Å². The van der Waals surface area contributed by atoms with Crippen LogP contribution in [0.25, 0.3) is 16.6 Å². The first-order chi connectivity index (χ1) is 15.5. The van der Waals surface area contributed by atoms with Gasteiger partial charge in [0.2, 0.25) is 0 Å². The Balaban J connectivity index is 1.67. The van der Waals surface area contributed by atoms with Gasteiger partial charge in [0, 0.05) is 17.3 Å². The number of fused-ring (bicyclic) bond motifs is 1. The van der Waals surface area contributed by atoms with Gasteiger partial charge in [0.1, 0.15) is 5.69 Å². The third-order valence-corrected chi connectivity index (χ3v) is 5.87. The summed E-state index contributed by atoms with van der Waals surface area (Å²) in [5.74, 6) is -1.05. The first-order valence-electron chi connectivity index (χ1n) is 9.35. The summed E-state index contributed by atoms with van der Waals surface area (Å²) in [7, 11) is 0. The number of para-hydroxylation sites is 1. The number of halogens is 6. The average molecular weight is 484 g/mol. The van der Waals surface area contributed by atoms with E-state index >= 15 is 0 Å². The maximum Gasteiger partial charge on any atom is 0.433 e. The lowest BCUT2D eigenvalue weighted by atomic mass is 9.94. The quantitative estimate of drug-likeness (QED) is 0.234. The van der Waals surface area contributed by atoms with Gasteiger partial charge in [-0.25, -0.2) is 14.6 Å². The van der Waals surface area contributed by atoms with E-state index in [9.17, 15) is 31.4 Å². The van der Waals surface area contributed by atoms with Crippen molar-refractivity contribution < 1.29 is 31.4 Å². The molecule has 33 heavy (non-hydrogen) atoms. The molecule has 1 atom stereocenters. The van der Waals surface area contributed by atoms with Crippen molar-refractivity contribution >= 4 is 22.7 Å². The molecule has 2 aromatic carbocycles. The monoisotopic (exact) mass is 484 g/mol. The van der Waals surface area contributed by atoms with Gasteiger partial charge in [-0.2, -0.15) is 31.4 Å². The summed E-state index contributed by atoms with van der Waals surface area (Å²) in [4.78, 5) is 6.82. The molecule has 2 heterocycles. The van der Waals surface area contributed by atoms with Gasteiger partial charge in [0.15, 0.2) is 10.8 Å². The Labute approximate surface area is 187 Å². The molecule has 2 aromatic heterocycles. The van der Waals surface area contributed by atoms with E-state index in [1.54, 1.807) is 24.3 Å². The Morgan fingerprint density at radius 3 is 2.33 bits per heavy atom. The standard InChI is InChI=1S/C21H14F6N4OS/c22-20(23,24)17-8-9-28-18(30-17)33-12-19(32,21(25,26)27)14-6-7-16-13(10-14)11-29-31(16)15-4-2-1-3-5-15/h1-11,32H,12H2. The predicted molar refractivity (Wildman–Crippen MR) is 109 cm³/mol. The van der Waals surface area contributed by atoms with E-state index < -0.39 is 40.1 Å². The molecule has 0 bridgehead atoms. The molecule has 0 aliphatic heterocycles. The smallest absolute Gasteiger partial charge is 0.376 e. The molecule has 0 saturated heterocycles. The minimum absolute atomic E-state index is 0.274. The van der Waals surface area contributed by atoms with Crippen LogP contribution in [0, 0.1) is 0 Å². The maximum atomic E-state index is 13.9. The van der Waals surface area contributed by atoms with E-state index in [0.717, 1.165) is 18.3 Å². The highest BCUT2D eigenvalue weighted by molar-refractivity contribution is 7.99. The van der Waals surface area contributed by atoms with Crippen LogP contribution in [-0.4, -0.2) is 36.8 Å². The zero-order chi connectivity index (χ0) is 23.9. The van der Waals surface area contributed by atoms with Gasteiger partial charge in [0.25, 0.3) is 0 Å². The molecule has 0 aliphatic carbocycles. The Morgan fingerprint density at radius 2 is 1.67 bits per heavy atom. The van der Waals surface area contributed by atoms with Crippen molar-refractivity contribution in [3.05, 3.63) is 78.2 Å². The molecule has 0 amide bonds. The Hall–Kier alpha value is -3.12. The summed E-state index contributed by atoms with van der Waals surface area (Å²) in [5, 5.41) is 14.7. The summed E-state index contributed by atoms with van der Waals surface area (Å²) in [6.07, 6.45) is -7.73. The van der Waals surface area contributed by atoms with Crippen molar-refractivity contribution in [1.29, 1.82) is 0 Å². The van der Waals surface area contributed by atoms with Crippen LogP contribution >= 0.6 is 11.8 Å². The molecule has 0 saturated carbocycles. The molecule has 5 nitrogen and oxygen atoms in total. The third-order valence-electron chi connectivity index (χ3n) is 4.85. The van der Waals surface area contributed by atoms with E-state index in [-0.39, 0.29) is 11.8 Å². The van der Waals surface area contributed by atoms with E-state index in [1.165, 1.54) is 16.9 Å². The number of aliphatic hydroxyl groups is 1. The second-order valence-corrected chi connectivity index (χ2v) is 7.98. The molecule has 172 valence electrons. The van der Waals surface area contributed by atoms with Gasteiger partial charge >= 0.3 is 12.4 Å². The van der Waals surface area contributed by atoms with Gasteiger partial charge in [-0.1, -0.05) is 36.0 Å². The molecule has 0 aliphatic rings. The number of alkyl halides is 6. The van der Waals surface area contributed by atoms with E-state index in [1.807, 2.05) is 6.07 Å². The fourth-order valence-corrected chi connectivity index (χ4v) is 4.10. The molecule has 1 unspecified atom stereocenters. The zero-order valence-corrected chi connectivity index (χ0v) is 17.3. The number of thioether (sulfide) groups is 1. The minimum Gasteiger partial charge on any atom is -0.376 e. The van der Waals surface area contributed by atoms with Crippen LogP contribution in [0.2, 0.25) is 0 Å². The fraction of sp³-hybridized carbons (Fsp3) is 0.190. The Kier molecular flexibility index (Phi) is 5.83. The van der Waals surface area contributed by atoms with Crippen molar-refractivity contribution in [1.82, 2.24) is 19.7 Å². The van der Waals surface area contributed by atoms with Gasteiger partial charge in [0.05, 0.1) is 17.4 Å². The van der Waals surface area contributed by atoms with Crippen molar-refractivity contribution in [2.75, 3.05) is 5.75 Å². The lowest BCUT2D eigenvalue weighted by molar-refractivity contribution is -0.256. The fourth-order valence-electron chi connectivity index (χ4n) is 3.13. The predicted octanol–water partition coefficient (Wildman–Crippen LogP) is 5.38. The van der Waals surface area contributed by atoms with Crippen LogP contribution < -0.4 is 0 Å². The van der Waals surface area contributed by atoms with Gasteiger partial charge in [-0.05, 0) is 35.9 Å². The number of aromatic nitrogens is 4. The van der Waals surface area contributed by atoms with Crippen LogP contribution in [0.1, 0.15) is 11.3 Å². The van der Waals surface area contributed by atoms with Crippen LogP contribution in [0.5, 0.6) is 0 Å². The molecule has 12 heteroatoms. The van der Waals surface area contributed by atoms with Crippen LogP contribution in [0.4, 0.5) is 26.3 Å². The van der Waals surface area contributed by atoms with Gasteiger partial charge in [-0.3, -0.25) is 0 Å². The zero-order valence-electron chi connectivity index (χ0n) is 16.5. The first kappa shape index (κ1) is 23.1. The lowest BCUT2D eigenvalue weighted by Crippen LogP contribution is -2.44. The highest BCUT2D eigenvalue weighted by atomic mass is 32.2. The number of hydrogen-bond donors (Lipinski definition) is 1. The summed E-state index contributed by atoms with van der Waals surface area (Å²) in [5.41, 5.74) is -3.91. The SMILES string of the molecule is OC(CSc1nccc(C(F)(F)F)n1)(c1ccc2c(cnn2-c2ccccc2)c1)C(F)(F)F. The topological polar surface area (TPSA) is 63.8 Å². The maximum absolute atomic E-state index is 13.9. The Bertz CT molecular complexity index is 1280. The van der Waals surface area contributed by atoms with E-state index in [0.29, 0.717) is 22.7 Å². The van der Waals surface area contributed by atoms with Gasteiger partial charge < -0.3 is 5.11 Å². The second-order valence-electron chi connectivity index (χ2n) is 7.03. The summed E-state index contributed by atoms with van der Waals surface area (Å²) in [6.45, 7) is 0. The summed E-state index contributed by atoms with van der Waals surface area (Å²) >= 11 is 0.274. The molecule has 4 rings (SSSR count). The molecule has 0 spiro atoms. The molecular formula is C21H14F6N4OS. The summed E-state index contributed by atoms with van der Waals surface area (Å²) < 4.78 is 81.8. The van der Waals surface area contributed by atoms with E-state index in [4.69, 9.17) is 0 Å². The van der Waals surface area contributed by atoms with Crippen molar-refractivity contribution in [2.45, 2.75) is 23.1 Å². The van der Waals surface area contributed by atoms with E-state index in [2.05, 4.69) is 15.1 Å². The minimum atomic E-state index is -5.12. The largest absolute Gasteiger partial charge is 0.433 e. The average Bonchev–Trinajstić information content (AvgIpc) is 3.20. The third kappa shape index (κ3) is 4.53. The highest BCUT2D eigenvalue weighted by Gasteiger charge is 2.55. The lowest BCUT2D eigenvalue weighted by Gasteiger charge is -2.30. The number of nitrogens with zero attached hydrogens (tertiary/aromatic N) is 4. The first-order valence-corrected chi connectivity index (χ1v) is 10.3. The molecular weight excluding hydrogens is 470 g/mol. The molecule has 1 N–H and O–H groups in total. The van der Waals surface area contributed by atoms with Gasteiger partial charge in [-0.15, -0.1) is 0 Å². The number of benzene rings is 2. The van der Waals surface area contributed by atoms with Crippen molar-refractivity contribution in [2.24, 2.45) is 0 Å². The van der Waals surface area contributed by atoms with Crippen LogP contribution in [-0.2, 0) is 11.8 Å². The van der Waals surface area contributed by atoms with Crippen LogP contribution in [0.15, 0.2) is 72.1 Å².